The van der Waals surface area contributed by atoms with Gasteiger partial charge in [0.2, 0.25) is 0 Å². The van der Waals surface area contributed by atoms with Crippen molar-refractivity contribution < 1.29 is 9.18 Å². The molecule has 0 unspecified atom stereocenters. The molecule has 1 fully saturated rings. The highest BCUT2D eigenvalue weighted by Crippen LogP contribution is 2.44. The van der Waals surface area contributed by atoms with Crippen LogP contribution in [0.25, 0.3) is 11.3 Å². The van der Waals surface area contributed by atoms with E-state index in [9.17, 15) is 9.18 Å². The van der Waals surface area contributed by atoms with Gasteiger partial charge in [0.15, 0.2) is 5.82 Å². The molecule has 160 valence electrons. The van der Waals surface area contributed by atoms with Gasteiger partial charge in [0, 0.05) is 30.4 Å². The van der Waals surface area contributed by atoms with Crippen LogP contribution in [0, 0.1) is 12.7 Å². The summed E-state index contributed by atoms with van der Waals surface area (Å²) in [5.74, 6) is -0.418. The quantitative estimate of drug-likeness (QED) is 0.509. The van der Waals surface area contributed by atoms with Gasteiger partial charge in [-0.05, 0) is 44.7 Å². The Balaban J connectivity index is 1.62. The lowest BCUT2D eigenvalue weighted by atomic mass is 9.81. The lowest BCUT2D eigenvalue weighted by Crippen LogP contribution is -2.50. The molecule has 1 saturated heterocycles. The molecule has 31 heavy (non-hydrogen) atoms. The number of nitrogens with zero attached hydrogens (tertiary/aromatic N) is 5. The molecule has 2 atom stereocenters. The molecule has 2 aliphatic rings. The summed E-state index contributed by atoms with van der Waals surface area (Å²) in [6.45, 7) is 1.85. The van der Waals surface area contributed by atoms with Crippen LogP contribution in [-0.4, -0.2) is 36.6 Å². The van der Waals surface area contributed by atoms with Crippen LogP contribution in [-0.2, 0) is 13.5 Å². The van der Waals surface area contributed by atoms with Gasteiger partial charge in [0.05, 0.1) is 39.2 Å². The summed E-state index contributed by atoms with van der Waals surface area (Å²) in [5, 5.41) is 3.94. The number of piperidine rings is 1. The first-order valence-corrected chi connectivity index (χ1v) is 10.9. The van der Waals surface area contributed by atoms with Gasteiger partial charge in [0.1, 0.15) is 5.82 Å². The Hall–Kier alpha value is -2.51. The molecular formula is C22H20Cl2FN5O. The highest BCUT2D eigenvalue weighted by molar-refractivity contribution is 6.37. The van der Waals surface area contributed by atoms with E-state index in [1.54, 1.807) is 10.9 Å². The maximum absolute atomic E-state index is 14.3. The van der Waals surface area contributed by atoms with Crippen LogP contribution in [0.1, 0.15) is 52.7 Å². The third kappa shape index (κ3) is 3.31. The fourth-order valence-electron chi connectivity index (χ4n) is 4.80. The Morgan fingerprint density at radius 3 is 2.77 bits per heavy atom. The van der Waals surface area contributed by atoms with Gasteiger partial charge in [-0.1, -0.05) is 23.2 Å². The van der Waals surface area contributed by atoms with Crippen molar-refractivity contribution in [2.24, 2.45) is 7.05 Å². The summed E-state index contributed by atoms with van der Waals surface area (Å²) in [6.07, 6.45) is 7.00. The molecule has 0 saturated carbocycles. The van der Waals surface area contributed by atoms with Gasteiger partial charge in [0.25, 0.3) is 5.91 Å². The molecule has 0 radical (unpaired) electrons. The topological polar surface area (TPSA) is 63.9 Å². The van der Waals surface area contributed by atoms with E-state index in [-0.39, 0.29) is 33.6 Å². The highest BCUT2D eigenvalue weighted by atomic mass is 35.5. The molecular weight excluding hydrogens is 440 g/mol. The van der Waals surface area contributed by atoms with E-state index in [4.69, 9.17) is 33.2 Å². The average Bonchev–Trinajstić information content (AvgIpc) is 3.18. The zero-order valence-electron chi connectivity index (χ0n) is 17.1. The monoisotopic (exact) mass is 459 g/mol. The molecule has 1 aromatic carbocycles. The standard InChI is InChI=1S/C22H20Cl2FN5O/c1-11-27-20(12-9-26-29(2)10-12)15-8-13-4-3-5-17(21(15)28-11)30(13)22(31)14-6-7-16(23)19(25)18(14)24/h6-7,9-10,13,17H,3-5,8H2,1-2H3/t13-,17+/m0/s1. The van der Waals surface area contributed by atoms with Gasteiger partial charge in [-0.15, -0.1) is 0 Å². The summed E-state index contributed by atoms with van der Waals surface area (Å²) < 4.78 is 16.0. The largest absolute Gasteiger partial charge is 0.327 e. The van der Waals surface area contributed by atoms with Crippen LogP contribution in [0.15, 0.2) is 24.5 Å². The fraction of sp³-hybridized carbons (Fsp3) is 0.364. The molecule has 6 nitrogen and oxygen atoms in total. The van der Waals surface area contributed by atoms with E-state index in [2.05, 4.69) is 5.10 Å². The Labute approximate surface area is 189 Å². The molecule has 2 aromatic heterocycles. The molecule has 0 aliphatic carbocycles. The normalized spacial score (nSPS) is 20.0. The summed E-state index contributed by atoms with van der Waals surface area (Å²) >= 11 is 12.0. The first kappa shape index (κ1) is 20.4. The number of carbonyl (C=O) groups excluding carboxylic acids is 1. The number of hydrogen-bond donors (Lipinski definition) is 0. The third-order valence-electron chi connectivity index (χ3n) is 6.13. The van der Waals surface area contributed by atoms with E-state index < -0.39 is 5.82 Å². The van der Waals surface area contributed by atoms with Crippen LogP contribution in [0.2, 0.25) is 10.0 Å². The van der Waals surface area contributed by atoms with Crippen molar-refractivity contribution in [1.29, 1.82) is 0 Å². The van der Waals surface area contributed by atoms with Gasteiger partial charge >= 0.3 is 0 Å². The molecule has 5 rings (SSSR count). The Morgan fingerprint density at radius 1 is 1.23 bits per heavy atom. The summed E-state index contributed by atoms with van der Waals surface area (Å²) in [7, 11) is 1.87. The van der Waals surface area contributed by atoms with Crippen LogP contribution in [0.5, 0.6) is 0 Å². The number of hydrogen-bond acceptors (Lipinski definition) is 4. The van der Waals surface area contributed by atoms with Crippen molar-refractivity contribution in [2.75, 3.05) is 0 Å². The number of amides is 1. The van der Waals surface area contributed by atoms with Crippen LogP contribution >= 0.6 is 23.2 Å². The van der Waals surface area contributed by atoms with Crippen molar-refractivity contribution in [3.8, 4) is 11.3 Å². The molecule has 9 heteroatoms. The fourth-order valence-corrected chi connectivity index (χ4v) is 5.25. The Morgan fingerprint density at radius 2 is 2.03 bits per heavy atom. The number of halogens is 3. The van der Waals surface area contributed by atoms with Crippen LogP contribution < -0.4 is 0 Å². The summed E-state index contributed by atoms with van der Waals surface area (Å²) in [4.78, 5) is 24.8. The van der Waals surface area contributed by atoms with E-state index in [0.29, 0.717) is 12.2 Å². The van der Waals surface area contributed by atoms with E-state index in [0.717, 1.165) is 41.8 Å². The predicted octanol–water partition coefficient (Wildman–Crippen LogP) is 4.92. The number of benzene rings is 1. The second-order valence-corrected chi connectivity index (χ2v) is 8.91. The minimum atomic E-state index is -0.770. The lowest BCUT2D eigenvalue weighted by Gasteiger charge is -2.46. The maximum Gasteiger partial charge on any atom is 0.256 e. The summed E-state index contributed by atoms with van der Waals surface area (Å²) in [5.41, 5.74) is 3.86. The zero-order chi connectivity index (χ0) is 21.9. The minimum Gasteiger partial charge on any atom is -0.327 e. The molecule has 1 amide bonds. The second-order valence-electron chi connectivity index (χ2n) is 8.13. The van der Waals surface area contributed by atoms with Crippen molar-refractivity contribution in [3.05, 3.63) is 63.0 Å². The highest BCUT2D eigenvalue weighted by Gasteiger charge is 2.43. The van der Waals surface area contributed by atoms with Gasteiger partial charge in [-0.25, -0.2) is 14.4 Å². The average molecular weight is 460 g/mol. The van der Waals surface area contributed by atoms with Crippen LogP contribution in [0.4, 0.5) is 4.39 Å². The zero-order valence-corrected chi connectivity index (χ0v) is 18.6. The predicted molar refractivity (Wildman–Crippen MR) is 116 cm³/mol. The molecule has 2 bridgehead atoms. The maximum atomic E-state index is 14.3. The summed E-state index contributed by atoms with van der Waals surface area (Å²) in [6, 6.07) is 2.63. The molecule has 0 spiro atoms. The molecule has 4 heterocycles. The second kappa shape index (κ2) is 7.57. The smallest absolute Gasteiger partial charge is 0.256 e. The minimum absolute atomic E-state index is 0.0321. The SMILES string of the molecule is Cc1nc(-c2cnn(C)c2)c2c(n1)[C@H]1CCC[C@@H](C2)N1C(=O)c1ccc(Cl)c(F)c1Cl. The Bertz CT molecular complexity index is 1210. The van der Waals surface area contributed by atoms with Gasteiger partial charge in [-0.3, -0.25) is 9.48 Å². The molecule has 3 aromatic rings. The van der Waals surface area contributed by atoms with E-state index in [1.807, 2.05) is 25.1 Å². The van der Waals surface area contributed by atoms with Gasteiger partial charge in [-0.2, -0.15) is 5.10 Å². The van der Waals surface area contributed by atoms with Gasteiger partial charge < -0.3 is 4.90 Å². The van der Waals surface area contributed by atoms with Crippen LogP contribution in [0.3, 0.4) is 0 Å². The van der Waals surface area contributed by atoms with Crippen molar-refractivity contribution in [3.63, 3.8) is 0 Å². The number of fused-ring (bicyclic) bond motifs is 4. The number of aromatic nitrogens is 4. The Kier molecular flexibility index (Phi) is 4.98. The lowest BCUT2D eigenvalue weighted by molar-refractivity contribution is 0.0388. The van der Waals surface area contributed by atoms with E-state index in [1.165, 1.54) is 12.1 Å². The number of rotatable bonds is 2. The third-order valence-corrected chi connectivity index (χ3v) is 6.79. The van der Waals surface area contributed by atoms with Crippen molar-refractivity contribution in [1.82, 2.24) is 24.6 Å². The molecule has 0 N–H and O–H groups in total. The van der Waals surface area contributed by atoms with Crippen molar-refractivity contribution in [2.45, 2.75) is 44.7 Å². The number of carbonyl (C=O) groups is 1. The molecule has 2 aliphatic heterocycles. The first-order valence-electron chi connectivity index (χ1n) is 10.2. The van der Waals surface area contributed by atoms with E-state index >= 15 is 0 Å². The van der Waals surface area contributed by atoms with Crippen molar-refractivity contribution >= 4 is 29.1 Å². The first-order chi connectivity index (χ1) is 14.8. The number of aryl methyl sites for hydroxylation is 2.